The molecule has 0 bridgehead atoms. The van der Waals surface area contributed by atoms with Crippen LogP contribution in [0.5, 0.6) is 0 Å². The molecule has 0 saturated heterocycles. The Hall–Kier alpha value is -1.05. The summed E-state index contributed by atoms with van der Waals surface area (Å²) in [5.74, 6) is 0.760. The minimum absolute atomic E-state index is 0.371. The molecule has 1 aromatic carbocycles. The first-order chi connectivity index (χ1) is 8.06. The van der Waals surface area contributed by atoms with Crippen LogP contribution < -0.4 is 11.1 Å². The molecule has 4 nitrogen and oxygen atoms in total. The normalized spacial score (nSPS) is 10.2. The fourth-order valence-corrected chi connectivity index (χ4v) is 2.76. The van der Waals surface area contributed by atoms with Gasteiger partial charge in [0.25, 0.3) is 0 Å². The molecule has 3 N–H and O–H groups in total. The molecule has 0 saturated carbocycles. The van der Waals surface area contributed by atoms with E-state index in [9.17, 15) is 0 Å². The number of benzene rings is 1. The van der Waals surface area contributed by atoms with Crippen LogP contribution in [-0.2, 0) is 0 Å². The standard InChI is InChI=1S/C10H9BrN4S2/c1-5-13-10(17-15-5)14-6-2-3-7(9(12)16)8(11)4-6/h2-4H,1H3,(H2,12,16)(H,13,14,15). The number of halogens is 1. The summed E-state index contributed by atoms with van der Waals surface area (Å²) in [6, 6.07) is 5.67. The molecule has 2 rings (SSSR count). The van der Waals surface area contributed by atoms with Gasteiger partial charge in [0.05, 0.1) is 0 Å². The molecule has 1 aromatic heterocycles. The minimum atomic E-state index is 0.371. The Balaban J connectivity index is 2.23. The monoisotopic (exact) mass is 328 g/mol. The summed E-state index contributed by atoms with van der Waals surface area (Å²) in [5.41, 5.74) is 7.31. The smallest absolute Gasteiger partial charge is 0.207 e. The van der Waals surface area contributed by atoms with E-state index in [0.29, 0.717) is 4.99 Å². The third kappa shape index (κ3) is 2.99. The SMILES string of the molecule is Cc1nsc(Nc2ccc(C(N)=S)c(Br)c2)n1. The average Bonchev–Trinajstić information content (AvgIpc) is 2.63. The molecule has 0 atom stereocenters. The van der Waals surface area contributed by atoms with Crippen molar-refractivity contribution in [1.82, 2.24) is 9.36 Å². The highest BCUT2D eigenvalue weighted by atomic mass is 79.9. The van der Waals surface area contributed by atoms with Crippen molar-refractivity contribution in [3.05, 3.63) is 34.1 Å². The lowest BCUT2D eigenvalue weighted by atomic mass is 10.2. The Bertz CT molecular complexity index is 567. The number of hydrogen-bond donors (Lipinski definition) is 2. The van der Waals surface area contributed by atoms with Gasteiger partial charge in [0.1, 0.15) is 10.8 Å². The second-order valence-electron chi connectivity index (χ2n) is 3.33. The van der Waals surface area contributed by atoms with E-state index in [1.807, 2.05) is 25.1 Å². The van der Waals surface area contributed by atoms with E-state index >= 15 is 0 Å². The molecule has 0 aliphatic heterocycles. The highest BCUT2D eigenvalue weighted by Crippen LogP contribution is 2.24. The quantitative estimate of drug-likeness (QED) is 0.848. The Morgan fingerprint density at radius 3 is 2.82 bits per heavy atom. The molecular formula is C10H9BrN4S2. The van der Waals surface area contributed by atoms with E-state index < -0.39 is 0 Å². The van der Waals surface area contributed by atoms with Gasteiger partial charge >= 0.3 is 0 Å². The lowest BCUT2D eigenvalue weighted by molar-refractivity contribution is 1.17. The Morgan fingerprint density at radius 2 is 2.29 bits per heavy atom. The van der Waals surface area contributed by atoms with Gasteiger partial charge in [-0.2, -0.15) is 4.37 Å². The third-order valence-electron chi connectivity index (χ3n) is 2.01. The predicted molar refractivity (Wildman–Crippen MR) is 78.0 cm³/mol. The van der Waals surface area contributed by atoms with E-state index in [1.54, 1.807) is 0 Å². The van der Waals surface area contributed by atoms with Crippen LogP contribution in [0.25, 0.3) is 0 Å². The number of aryl methyl sites for hydroxylation is 1. The van der Waals surface area contributed by atoms with Crippen LogP contribution in [0.4, 0.5) is 10.8 Å². The van der Waals surface area contributed by atoms with E-state index in [4.69, 9.17) is 18.0 Å². The maximum atomic E-state index is 5.58. The van der Waals surface area contributed by atoms with Crippen molar-refractivity contribution >= 4 is 55.5 Å². The topological polar surface area (TPSA) is 63.8 Å². The minimum Gasteiger partial charge on any atom is -0.389 e. The van der Waals surface area contributed by atoms with Crippen LogP contribution in [0.2, 0.25) is 0 Å². The second kappa shape index (κ2) is 5.07. The average molecular weight is 329 g/mol. The van der Waals surface area contributed by atoms with Crippen LogP contribution in [0.1, 0.15) is 11.4 Å². The van der Waals surface area contributed by atoms with Crippen LogP contribution in [0.3, 0.4) is 0 Å². The second-order valence-corrected chi connectivity index (χ2v) is 5.38. The summed E-state index contributed by atoms with van der Waals surface area (Å²) in [4.78, 5) is 4.59. The van der Waals surface area contributed by atoms with E-state index in [2.05, 4.69) is 30.6 Å². The zero-order valence-corrected chi connectivity index (χ0v) is 12.1. The molecule has 0 amide bonds. The third-order valence-corrected chi connectivity index (χ3v) is 3.61. The largest absolute Gasteiger partial charge is 0.389 e. The van der Waals surface area contributed by atoms with Crippen molar-refractivity contribution in [2.75, 3.05) is 5.32 Å². The number of aromatic nitrogens is 2. The number of rotatable bonds is 3. The molecule has 0 spiro atoms. The number of thiocarbonyl (C=S) groups is 1. The number of nitrogens with two attached hydrogens (primary N) is 1. The van der Waals surface area contributed by atoms with Gasteiger partial charge in [0.2, 0.25) is 5.13 Å². The number of anilines is 2. The van der Waals surface area contributed by atoms with Gasteiger partial charge in [-0.15, -0.1) is 0 Å². The summed E-state index contributed by atoms with van der Waals surface area (Å²) in [5, 5.41) is 3.92. The van der Waals surface area contributed by atoms with E-state index in [0.717, 1.165) is 26.7 Å². The van der Waals surface area contributed by atoms with Gasteiger partial charge < -0.3 is 11.1 Å². The number of nitrogens with zero attached hydrogens (tertiary/aromatic N) is 2. The van der Waals surface area contributed by atoms with Gasteiger partial charge in [0, 0.05) is 27.3 Å². The van der Waals surface area contributed by atoms with E-state index in [-0.39, 0.29) is 0 Å². The molecule has 0 fully saturated rings. The van der Waals surface area contributed by atoms with Gasteiger partial charge in [0.15, 0.2) is 0 Å². The van der Waals surface area contributed by atoms with Crippen molar-refractivity contribution in [2.24, 2.45) is 5.73 Å². The molecular weight excluding hydrogens is 320 g/mol. The zero-order valence-electron chi connectivity index (χ0n) is 8.90. The van der Waals surface area contributed by atoms with Gasteiger partial charge in [-0.05, 0) is 41.1 Å². The summed E-state index contributed by atoms with van der Waals surface area (Å²) in [6.07, 6.45) is 0. The molecule has 0 aliphatic carbocycles. The lowest BCUT2D eigenvalue weighted by Gasteiger charge is -2.06. The van der Waals surface area contributed by atoms with Crippen molar-refractivity contribution in [1.29, 1.82) is 0 Å². The first-order valence-corrected chi connectivity index (χ1v) is 6.70. The van der Waals surface area contributed by atoms with Crippen LogP contribution in [-0.4, -0.2) is 14.3 Å². The Morgan fingerprint density at radius 1 is 1.53 bits per heavy atom. The molecule has 0 aliphatic rings. The number of nitrogens with one attached hydrogen (secondary N) is 1. The van der Waals surface area contributed by atoms with E-state index in [1.165, 1.54) is 11.5 Å². The first kappa shape index (κ1) is 12.4. The van der Waals surface area contributed by atoms with Crippen molar-refractivity contribution in [3.8, 4) is 0 Å². The fourth-order valence-electron chi connectivity index (χ4n) is 1.26. The van der Waals surface area contributed by atoms with Crippen LogP contribution in [0.15, 0.2) is 22.7 Å². The molecule has 17 heavy (non-hydrogen) atoms. The number of hydrogen-bond acceptors (Lipinski definition) is 5. The van der Waals surface area contributed by atoms with Gasteiger partial charge in [-0.3, -0.25) is 0 Å². The first-order valence-electron chi connectivity index (χ1n) is 4.73. The van der Waals surface area contributed by atoms with Gasteiger partial charge in [-0.1, -0.05) is 12.2 Å². The Kier molecular flexibility index (Phi) is 3.70. The zero-order chi connectivity index (χ0) is 12.4. The van der Waals surface area contributed by atoms with Crippen molar-refractivity contribution < 1.29 is 0 Å². The summed E-state index contributed by atoms with van der Waals surface area (Å²) in [6.45, 7) is 1.85. The van der Waals surface area contributed by atoms with Crippen LogP contribution in [0, 0.1) is 6.92 Å². The fraction of sp³-hybridized carbons (Fsp3) is 0.100. The maximum absolute atomic E-state index is 5.58. The van der Waals surface area contributed by atoms with Crippen molar-refractivity contribution in [3.63, 3.8) is 0 Å². The van der Waals surface area contributed by atoms with Crippen LogP contribution >= 0.6 is 39.7 Å². The predicted octanol–water partition coefficient (Wildman–Crippen LogP) is 2.99. The van der Waals surface area contributed by atoms with Gasteiger partial charge in [-0.25, -0.2) is 4.98 Å². The molecule has 2 aromatic rings. The maximum Gasteiger partial charge on any atom is 0.207 e. The Labute approximate surface area is 117 Å². The molecule has 88 valence electrons. The molecule has 1 heterocycles. The highest BCUT2D eigenvalue weighted by Gasteiger charge is 2.05. The summed E-state index contributed by atoms with van der Waals surface area (Å²) >= 11 is 9.68. The lowest BCUT2D eigenvalue weighted by Crippen LogP contribution is -2.10. The molecule has 0 radical (unpaired) electrons. The van der Waals surface area contributed by atoms with Crippen molar-refractivity contribution in [2.45, 2.75) is 6.92 Å². The molecule has 0 unspecified atom stereocenters. The molecule has 7 heteroatoms. The summed E-state index contributed by atoms with van der Waals surface area (Å²) < 4.78 is 4.95. The highest BCUT2D eigenvalue weighted by molar-refractivity contribution is 9.10. The summed E-state index contributed by atoms with van der Waals surface area (Å²) in [7, 11) is 0.